The van der Waals surface area contributed by atoms with Gasteiger partial charge in [0.05, 0.1) is 12.7 Å². The van der Waals surface area contributed by atoms with E-state index in [0.29, 0.717) is 24.5 Å². The molecule has 0 unspecified atom stereocenters. The molecule has 0 aliphatic carbocycles. The van der Waals surface area contributed by atoms with Crippen LogP contribution in [0.15, 0.2) is 59.1 Å². The van der Waals surface area contributed by atoms with Crippen LogP contribution in [0, 0.1) is 0 Å². The predicted molar refractivity (Wildman–Crippen MR) is 116 cm³/mol. The van der Waals surface area contributed by atoms with Gasteiger partial charge in [-0.15, -0.1) is 0 Å². The summed E-state index contributed by atoms with van der Waals surface area (Å²) in [5.74, 6) is 2.15. The molecule has 0 saturated heterocycles. The van der Waals surface area contributed by atoms with Crippen LogP contribution in [0.3, 0.4) is 0 Å². The molecule has 3 aromatic rings. The summed E-state index contributed by atoms with van der Waals surface area (Å²) in [6.45, 7) is 10.2. The molecular weight excluding hydrogens is 364 g/mol. The molecular formula is C24H30N2O3. The SMILES string of the molecule is COc1ccc(-c2cc(-c3ccccc3)no2)c(OCCN(C(C)C)C(C)C)c1. The summed E-state index contributed by atoms with van der Waals surface area (Å²) < 4.78 is 17.2. The van der Waals surface area contributed by atoms with Crippen LogP contribution in [0.25, 0.3) is 22.6 Å². The van der Waals surface area contributed by atoms with E-state index in [-0.39, 0.29) is 0 Å². The molecule has 0 atom stereocenters. The quantitative estimate of drug-likeness (QED) is 0.478. The molecule has 0 aliphatic rings. The van der Waals surface area contributed by atoms with Gasteiger partial charge in [-0.3, -0.25) is 4.90 Å². The summed E-state index contributed by atoms with van der Waals surface area (Å²) in [5.41, 5.74) is 2.68. The Morgan fingerprint density at radius 1 is 0.966 bits per heavy atom. The van der Waals surface area contributed by atoms with Gasteiger partial charge < -0.3 is 14.0 Å². The minimum Gasteiger partial charge on any atom is -0.497 e. The van der Waals surface area contributed by atoms with Gasteiger partial charge in [0.15, 0.2) is 5.76 Å². The zero-order valence-corrected chi connectivity index (χ0v) is 17.9. The van der Waals surface area contributed by atoms with E-state index in [0.717, 1.165) is 34.9 Å². The minimum atomic E-state index is 0.464. The molecule has 2 aromatic carbocycles. The highest BCUT2D eigenvalue weighted by molar-refractivity contribution is 5.71. The summed E-state index contributed by atoms with van der Waals surface area (Å²) in [6, 6.07) is 18.6. The van der Waals surface area contributed by atoms with E-state index in [4.69, 9.17) is 14.0 Å². The van der Waals surface area contributed by atoms with E-state index in [9.17, 15) is 0 Å². The largest absolute Gasteiger partial charge is 0.497 e. The van der Waals surface area contributed by atoms with E-state index < -0.39 is 0 Å². The number of rotatable bonds is 9. The van der Waals surface area contributed by atoms with Crippen molar-refractivity contribution in [2.75, 3.05) is 20.3 Å². The average Bonchev–Trinajstić information content (AvgIpc) is 3.21. The van der Waals surface area contributed by atoms with Crippen LogP contribution in [0.2, 0.25) is 0 Å². The summed E-state index contributed by atoms with van der Waals surface area (Å²) in [6.07, 6.45) is 0. The van der Waals surface area contributed by atoms with Crippen LogP contribution in [-0.4, -0.2) is 42.4 Å². The third kappa shape index (κ3) is 5.18. The molecule has 0 bridgehead atoms. The number of hydrogen-bond acceptors (Lipinski definition) is 5. The van der Waals surface area contributed by atoms with Gasteiger partial charge in [-0.2, -0.15) is 0 Å². The third-order valence-electron chi connectivity index (χ3n) is 4.97. The van der Waals surface area contributed by atoms with Crippen LogP contribution in [-0.2, 0) is 0 Å². The fraction of sp³-hybridized carbons (Fsp3) is 0.375. The van der Waals surface area contributed by atoms with Crippen LogP contribution in [0.4, 0.5) is 0 Å². The Morgan fingerprint density at radius 2 is 1.69 bits per heavy atom. The zero-order chi connectivity index (χ0) is 20.8. The molecule has 29 heavy (non-hydrogen) atoms. The van der Waals surface area contributed by atoms with Gasteiger partial charge in [0.25, 0.3) is 0 Å². The Morgan fingerprint density at radius 3 is 2.34 bits per heavy atom. The van der Waals surface area contributed by atoms with Gasteiger partial charge in [-0.25, -0.2) is 0 Å². The molecule has 0 spiro atoms. The molecule has 0 radical (unpaired) electrons. The van der Waals surface area contributed by atoms with Gasteiger partial charge in [0.1, 0.15) is 23.8 Å². The molecule has 0 aliphatic heterocycles. The van der Waals surface area contributed by atoms with E-state index in [2.05, 4.69) is 37.8 Å². The standard InChI is InChI=1S/C24H30N2O3/c1-17(2)26(18(3)4)13-14-28-23-15-20(27-5)11-12-21(23)24-16-22(25-29-24)19-9-7-6-8-10-19/h6-12,15-18H,13-14H2,1-5H3. The lowest BCUT2D eigenvalue weighted by atomic mass is 10.1. The molecule has 5 nitrogen and oxygen atoms in total. The molecule has 0 saturated carbocycles. The van der Waals surface area contributed by atoms with Gasteiger partial charge in [-0.05, 0) is 39.8 Å². The van der Waals surface area contributed by atoms with Crippen molar-refractivity contribution in [3.05, 3.63) is 54.6 Å². The lowest BCUT2D eigenvalue weighted by Crippen LogP contribution is -2.39. The van der Waals surface area contributed by atoms with Gasteiger partial charge in [0.2, 0.25) is 0 Å². The monoisotopic (exact) mass is 394 g/mol. The molecule has 154 valence electrons. The predicted octanol–water partition coefficient (Wildman–Crippen LogP) is 5.51. The first-order chi connectivity index (χ1) is 14.0. The maximum Gasteiger partial charge on any atom is 0.171 e. The summed E-state index contributed by atoms with van der Waals surface area (Å²) in [7, 11) is 1.65. The first kappa shape index (κ1) is 20.9. The smallest absolute Gasteiger partial charge is 0.171 e. The van der Waals surface area contributed by atoms with Crippen molar-refractivity contribution in [1.82, 2.24) is 10.1 Å². The van der Waals surface area contributed by atoms with Crippen LogP contribution >= 0.6 is 0 Å². The van der Waals surface area contributed by atoms with Crippen molar-refractivity contribution < 1.29 is 14.0 Å². The second-order valence-corrected chi connectivity index (χ2v) is 7.58. The van der Waals surface area contributed by atoms with Crippen molar-refractivity contribution >= 4 is 0 Å². The van der Waals surface area contributed by atoms with Crippen molar-refractivity contribution in [3.63, 3.8) is 0 Å². The maximum atomic E-state index is 6.17. The van der Waals surface area contributed by atoms with Gasteiger partial charge in [0, 0.05) is 36.3 Å². The fourth-order valence-electron chi connectivity index (χ4n) is 3.47. The molecule has 0 N–H and O–H groups in total. The molecule has 0 fully saturated rings. The summed E-state index contributed by atoms with van der Waals surface area (Å²) in [5, 5.41) is 4.23. The molecule has 1 heterocycles. The molecule has 5 heteroatoms. The zero-order valence-electron chi connectivity index (χ0n) is 17.9. The Balaban J connectivity index is 1.82. The highest BCUT2D eigenvalue weighted by atomic mass is 16.5. The average molecular weight is 395 g/mol. The highest BCUT2D eigenvalue weighted by Crippen LogP contribution is 2.35. The van der Waals surface area contributed by atoms with Crippen LogP contribution < -0.4 is 9.47 Å². The Labute approximate surface area is 173 Å². The Hall–Kier alpha value is -2.79. The second kappa shape index (κ2) is 9.61. The fourth-order valence-corrected chi connectivity index (χ4v) is 3.47. The lowest BCUT2D eigenvalue weighted by molar-refractivity contribution is 0.142. The maximum absolute atomic E-state index is 6.17. The normalized spacial score (nSPS) is 11.4. The number of methoxy groups -OCH3 is 1. The van der Waals surface area contributed by atoms with E-state index in [1.54, 1.807) is 7.11 Å². The molecule has 3 rings (SSSR count). The Kier molecular flexibility index (Phi) is 6.94. The topological polar surface area (TPSA) is 47.7 Å². The number of nitrogens with zero attached hydrogens (tertiary/aromatic N) is 2. The van der Waals surface area contributed by atoms with Gasteiger partial charge in [-0.1, -0.05) is 35.5 Å². The van der Waals surface area contributed by atoms with E-state index in [1.807, 2.05) is 54.6 Å². The van der Waals surface area contributed by atoms with Crippen molar-refractivity contribution in [3.8, 4) is 34.1 Å². The second-order valence-electron chi connectivity index (χ2n) is 7.58. The lowest BCUT2D eigenvalue weighted by Gasteiger charge is -2.30. The highest BCUT2D eigenvalue weighted by Gasteiger charge is 2.17. The van der Waals surface area contributed by atoms with Crippen LogP contribution in [0.5, 0.6) is 11.5 Å². The minimum absolute atomic E-state index is 0.464. The van der Waals surface area contributed by atoms with E-state index in [1.165, 1.54) is 0 Å². The molecule has 0 amide bonds. The summed E-state index contributed by atoms with van der Waals surface area (Å²) >= 11 is 0. The van der Waals surface area contributed by atoms with E-state index >= 15 is 0 Å². The Bertz CT molecular complexity index is 895. The number of aromatic nitrogens is 1. The van der Waals surface area contributed by atoms with Gasteiger partial charge >= 0.3 is 0 Å². The first-order valence-corrected chi connectivity index (χ1v) is 10.1. The third-order valence-corrected chi connectivity index (χ3v) is 4.97. The van der Waals surface area contributed by atoms with Crippen LogP contribution in [0.1, 0.15) is 27.7 Å². The number of ether oxygens (including phenoxy) is 2. The summed E-state index contributed by atoms with van der Waals surface area (Å²) in [4.78, 5) is 2.40. The molecule has 1 aromatic heterocycles. The van der Waals surface area contributed by atoms with Crippen molar-refractivity contribution in [2.24, 2.45) is 0 Å². The first-order valence-electron chi connectivity index (χ1n) is 10.1. The van der Waals surface area contributed by atoms with Crippen molar-refractivity contribution in [1.29, 1.82) is 0 Å². The number of benzene rings is 2. The number of hydrogen-bond donors (Lipinski definition) is 0. The van der Waals surface area contributed by atoms with Crippen molar-refractivity contribution in [2.45, 2.75) is 39.8 Å².